The summed E-state index contributed by atoms with van der Waals surface area (Å²) in [5.41, 5.74) is -1.35. The predicted octanol–water partition coefficient (Wildman–Crippen LogP) is 2.73. The van der Waals surface area contributed by atoms with Crippen LogP contribution in [0.1, 0.15) is 35.8 Å². The lowest BCUT2D eigenvalue weighted by atomic mass is 9.76. The molecule has 1 aromatic heterocycles. The zero-order valence-corrected chi connectivity index (χ0v) is 12.8. The number of rotatable bonds is 3. The molecular weight excluding hydrogens is 321 g/mol. The number of amides is 1. The molecule has 0 saturated carbocycles. The third-order valence-corrected chi connectivity index (χ3v) is 4.97. The first kappa shape index (κ1) is 16.7. The Morgan fingerprint density at radius 1 is 1.45 bits per heavy atom. The van der Waals surface area contributed by atoms with Gasteiger partial charge in [0.25, 0.3) is 5.91 Å². The molecule has 0 spiro atoms. The van der Waals surface area contributed by atoms with Gasteiger partial charge < -0.3 is 10.0 Å². The fraction of sp³-hybridized carbons (Fsp3) is 0.615. The summed E-state index contributed by atoms with van der Waals surface area (Å²) in [6.45, 7) is 3.69. The molecule has 5 nitrogen and oxygen atoms in total. The number of halogens is 3. The molecule has 2 heterocycles. The van der Waals surface area contributed by atoms with Crippen LogP contribution in [0.5, 0.6) is 0 Å². The minimum atomic E-state index is -4.59. The molecule has 22 heavy (non-hydrogen) atoms. The molecular formula is C13H15F3N2O3S. The molecule has 0 radical (unpaired) electrons. The number of hydrogen-bond acceptors (Lipinski definition) is 4. The van der Waals surface area contributed by atoms with Gasteiger partial charge in [-0.15, -0.1) is 11.3 Å². The molecule has 1 fully saturated rings. The zero-order valence-electron chi connectivity index (χ0n) is 12.0. The molecule has 0 bridgehead atoms. The topological polar surface area (TPSA) is 70.5 Å². The maximum atomic E-state index is 12.5. The fourth-order valence-electron chi connectivity index (χ4n) is 2.56. The molecule has 0 aromatic carbocycles. The number of hydrogen-bond donors (Lipinski definition) is 1. The lowest BCUT2D eigenvalue weighted by molar-refractivity contribution is -0.150. The van der Waals surface area contributed by atoms with Crippen molar-refractivity contribution in [1.29, 1.82) is 0 Å². The summed E-state index contributed by atoms with van der Waals surface area (Å²) in [6.07, 6.45) is -4.31. The molecule has 1 atom stereocenters. The Balaban J connectivity index is 2.18. The van der Waals surface area contributed by atoms with E-state index in [-0.39, 0.29) is 31.1 Å². The first-order chi connectivity index (χ1) is 10.1. The van der Waals surface area contributed by atoms with E-state index >= 15 is 0 Å². The highest BCUT2D eigenvalue weighted by Crippen LogP contribution is 2.39. The summed E-state index contributed by atoms with van der Waals surface area (Å²) in [7, 11) is 0. The van der Waals surface area contributed by atoms with Crippen LogP contribution in [0.4, 0.5) is 13.2 Å². The number of nitrogens with zero attached hydrogens (tertiary/aromatic N) is 2. The Morgan fingerprint density at radius 2 is 2.09 bits per heavy atom. The normalized spacial score (nSPS) is 22.4. The fourth-order valence-corrected chi connectivity index (χ4v) is 3.22. The van der Waals surface area contributed by atoms with Gasteiger partial charge in [0.05, 0.1) is 5.41 Å². The SMILES string of the molecule is CC(C)C1(C(=O)O)CCN(C(=O)c2csc(C(F)(F)F)n2)C1. The number of carboxylic acids is 1. The summed E-state index contributed by atoms with van der Waals surface area (Å²) in [5, 5.41) is 9.39. The quantitative estimate of drug-likeness (QED) is 0.921. The summed E-state index contributed by atoms with van der Waals surface area (Å²) in [5.74, 6) is -1.84. The van der Waals surface area contributed by atoms with Gasteiger partial charge in [-0.1, -0.05) is 13.8 Å². The van der Waals surface area contributed by atoms with Crippen LogP contribution in [0, 0.1) is 11.3 Å². The monoisotopic (exact) mass is 336 g/mol. The maximum absolute atomic E-state index is 12.5. The molecule has 122 valence electrons. The van der Waals surface area contributed by atoms with Gasteiger partial charge in [-0.25, -0.2) is 4.98 Å². The number of likely N-dealkylation sites (tertiary alicyclic amines) is 1. The third kappa shape index (κ3) is 2.81. The van der Waals surface area contributed by atoms with Crippen molar-refractivity contribution in [2.45, 2.75) is 26.4 Å². The van der Waals surface area contributed by atoms with Crippen LogP contribution in [-0.4, -0.2) is 40.0 Å². The highest BCUT2D eigenvalue weighted by atomic mass is 32.1. The maximum Gasteiger partial charge on any atom is 0.443 e. The third-order valence-electron chi connectivity index (χ3n) is 4.08. The Bertz CT molecular complexity index is 600. The van der Waals surface area contributed by atoms with Gasteiger partial charge in [-0.3, -0.25) is 9.59 Å². The second kappa shape index (κ2) is 5.53. The van der Waals surface area contributed by atoms with Crippen molar-refractivity contribution in [3.8, 4) is 0 Å². The van der Waals surface area contributed by atoms with Crippen LogP contribution in [0.2, 0.25) is 0 Å². The predicted molar refractivity (Wildman–Crippen MR) is 72.5 cm³/mol. The van der Waals surface area contributed by atoms with E-state index in [1.165, 1.54) is 4.90 Å². The molecule has 1 aliphatic heterocycles. The number of carbonyl (C=O) groups excluding carboxylic acids is 1. The average molecular weight is 336 g/mol. The van der Waals surface area contributed by atoms with Crippen LogP contribution in [0.25, 0.3) is 0 Å². The van der Waals surface area contributed by atoms with E-state index in [0.717, 1.165) is 5.38 Å². The lowest BCUT2D eigenvalue weighted by Crippen LogP contribution is -2.40. The van der Waals surface area contributed by atoms with Crippen molar-refractivity contribution in [3.05, 3.63) is 16.1 Å². The van der Waals surface area contributed by atoms with Crippen molar-refractivity contribution >= 4 is 23.2 Å². The van der Waals surface area contributed by atoms with Crippen molar-refractivity contribution < 1.29 is 27.9 Å². The molecule has 1 aliphatic rings. The van der Waals surface area contributed by atoms with Gasteiger partial charge in [0.1, 0.15) is 5.69 Å². The van der Waals surface area contributed by atoms with E-state index in [2.05, 4.69) is 4.98 Å². The van der Waals surface area contributed by atoms with Gasteiger partial charge in [0.15, 0.2) is 5.01 Å². The highest BCUT2D eigenvalue weighted by Gasteiger charge is 2.49. The lowest BCUT2D eigenvalue weighted by Gasteiger charge is -2.28. The van der Waals surface area contributed by atoms with Gasteiger partial charge in [0, 0.05) is 18.5 Å². The Hall–Kier alpha value is -1.64. The number of alkyl halides is 3. The molecule has 1 aromatic rings. The number of carboxylic acid groups (broad SMARTS) is 1. The van der Waals surface area contributed by atoms with Crippen LogP contribution in [0.3, 0.4) is 0 Å². The molecule has 1 amide bonds. The van der Waals surface area contributed by atoms with Crippen molar-refractivity contribution in [2.75, 3.05) is 13.1 Å². The smallest absolute Gasteiger partial charge is 0.443 e. The molecule has 1 unspecified atom stereocenters. The number of aliphatic carboxylic acids is 1. The molecule has 1 saturated heterocycles. The van der Waals surface area contributed by atoms with Crippen LogP contribution < -0.4 is 0 Å². The summed E-state index contributed by atoms with van der Waals surface area (Å²) < 4.78 is 37.6. The van der Waals surface area contributed by atoms with Gasteiger partial charge in [-0.05, 0) is 12.3 Å². The summed E-state index contributed by atoms with van der Waals surface area (Å²) in [6, 6.07) is 0. The van der Waals surface area contributed by atoms with Gasteiger partial charge >= 0.3 is 12.1 Å². The van der Waals surface area contributed by atoms with E-state index in [0.29, 0.717) is 11.3 Å². The average Bonchev–Trinajstić information content (AvgIpc) is 3.05. The first-order valence-electron chi connectivity index (χ1n) is 6.63. The van der Waals surface area contributed by atoms with Crippen molar-refractivity contribution in [2.24, 2.45) is 11.3 Å². The van der Waals surface area contributed by atoms with E-state index in [4.69, 9.17) is 0 Å². The second-order valence-corrected chi connectivity index (χ2v) is 6.49. The Kier molecular flexibility index (Phi) is 4.20. The molecule has 2 rings (SSSR count). The highest BCUT2D eigenvalue weighted by molar-refractivity contribution is 7.09. The summed E-state index contributed by atoms with van der Waals surface area (Å²) >= 11 is 0.356. The van der Waals surface area contributed by atoms with E-state index < -0.39 is 28.5 Å². The first-order valence-corrected chi connectivity index (χ1v) is 7.51. The Labute approximate surface area is 128 Å². The molecule has 0 aliphatic carbocycles. The number of carbonyl (C=O) groups is 2. The zero-order chi connectivity index (χ0) is 16.7. The molecule has 9 heteroatoms. The van der Waals surface area contributed by atoms with Crippen LogP contribution >= 0.6 is 11.3 Å². The summed E-state index contributed by atoms with van der Waals surface area (Å²) in [4.78, 5) is 28.3. The Morgan fingerprint density at radius 3 is 2.50 bits per heavy atom. The minimum Gasteiger partial charge on any atom is -0.481 e. The minimum absolute atomic E-state index is 0.0162. The van der Waals surface area contributed by atoms with E-state index in [1.807, 2.05) is 0 Å². The van der Waals surface area contributed by atoms with Gasteiger partial charge in [-0.2, -0.15) is 13.2 Å². The van der Waals surface area contributed by atoms with Crippen LogP contribution in [0.15, 0.2) is 5.38 Å². The van der Waals surface area contributed by atoms with Crippen molar-refractivity contribution in [1.82, 2.24) is 9.88 Å². The van der Waals surface area contributed by atoms with Gasteiger partial charge in [0.2, 0.25) is 0 Å². The largest absolute Gasteiger partial charge is 0.481 e. The molecule has 1 N–H and O–H groups in total. The number of aromatic nitrogens is 1. The van der Waals surface area contributed by atoms with Crippen LogP contribution in [-0.2, 0) is 11.0 Å². The van der Waals surface area contributed by atoms with Crippen molar-refractivity contribution in [3.63, 3.8) is 0 Å². The van der Waals surface area contributed by atoms with E-state index in [9.17, 15) is 27.9 Å². The standard InChI is InChI=1S/C13H15F3N2O3S/c1-7(2)12(11(20)21)3-4-18(6-12)9(19)8-5-22-10(17-8)13(14,15)16/h5,7H,3-4,6H2,1-2H3,(H,20,21). The number of thiazole rings is 1. The second-order valence-electron chi connectivity index (χ2n) is 5.63. The van der Waals surface area contributed by atoms with E-state index in [1.54, 1.807) is 13.8 Å².